The van der Waals surface area contributed by atoms with E-state index in [-0.39, 0.29) is 11.9 Å². The molecule has 0 N–H and O–H groups in total. The van der Waals surface area contributed by atoms with E-state index in [1.807, 2.05) is 46.8 Å². The summed E-state index contributed by atoms with van der Waals surface area (Å²) < 4.78 is 10.8. The van der Waals surface area contributed by atoms with Crippen LogP contribution in [-0.4, -0.2) is 32.2 Å². The van der Waals surface area contributed by atoms with Crippen molar-refractivity contribution < 1.29 is 19.1 Å². The average molecular weight is 379 g/mol. The summed E-state index contributed by atoms with van der Waals surface area (Å²) in [6.07, 6.45) is 0.928. The van der Waals surface area contributed by atoms with Crippen molar-refractivity contribution in [2.75, 3.05) is 6.61 Å². The lowest BCUT2D eigenvalue weighted by Crippen LogP contribution is -2.24. The number of benzene rings is 1. The van der Waals surface area contributed by atoms with Gasteiger partial charge in [0.1, 0.15) is 5.60 Å². The van der Waals surface area contributed by atoms with Crippen molar-refractivity contribution in [3.8, 4) is 0 Å². The molecule has 0 aliphatic carbocycles. The largest absolute Gasteiger partial charge is 0.462 e. The Morgan fingerprint density at radius 2 is 1.58 bits per heavy atom. The zero-order chi connectivity index (χ0) is 20.1. The zero-order valence-corrected chi connectivity index (χ0v) is 18.6. The van der Waals surface area contributed by atoms with Crippen LogP contribution in [0.4, 0.5) is 0 Å². The number of hydrogen-bond donors (Lipinski definition) is 0. The van der Waals surface area contributed by atoms with E-state index in [4.69, 9.17) is 9.47 Å². The molecule has 0 bridgehead atoms. The predicted octanol–water partition coefficient (Wildman–Crippen LogP) is 5.07. The van der Waals surface area contributed by atoms with Crippen molar-refractivity contribution in [3.05, 3.63) is 34.4 Å². The van der Waals surface area contributed by atoms with Crippen molar-refractivity contribution in [1.82, 2.24) is 0 Å². The Morgan fingerprint density at radius 1 is 1.04 bits per heavy atom. The second-order valence-corrected chi connectivity index (χ2v) is 14.8. The van der Waals surface area contributed by atoms with E-state index < -0.39 is 13.7 Å². The Hall–Kier alpha value is -1.62. The number of ether oxygens (including phenoxy) is 2. The second kappa shape index (κ2) is 8.85. The van der Waals surface area contributed by atoms with Crippen molar-refractivity contribution in [2.45, 2.75) is 78.7 Å². The molecular formula is C21H34O4Si. The highest BCUT2D eigenvalue weighted by molar-refractivity contribution is 6.76. The maximum absolute atomic E-state index is 12.4. The molecule has 0 saturated carbocycles. The third-order valence-corrected chi connectivity index (χ3v) is 5.62. The third kappa shape index (κ3) is 8.17. The highest BCUT2D eigenvalue weighted by Crippen LogP contribution is 2.20. The van der Waals surface area contributed by atoms with Crippen LogP contribution < -0.4 is 0 Å². The molecule has 0 radical (unpaired) electrons. The molecule has 0 fully saturated rings. The molecule has 4 nitrogen and oxygen atoms in total. The minimum absolute atomic E-state index is 0.206. The van der Waals surface area contributed by atoms with Gasteiger partial charge >= 0.3 is 11.9 Å². The van der Waals surface area contributed by atoms with E-state index >= 15 is 0 Å². The molecule has 26 heavy (non-hydrogen) atoms. The van der Waals surface area contributed by atoms with E-state index in [2.05, 4.69) is 19.6 Å². The Labute approximate surface area is 159 Å². The van der Waals surface area contributed by atoms with Gasteiger partial charge in [-0.3, -0.25) is 4.79 Å². The maximum atomic E-state index is 12.4. The lowest BCUT2D eigenvalue weighted by Gasteiger charge is -2.19. The van der Waals surface area contributed by atoms with E-state index in [1.54, 1.807) is 0 Å². The summed E-state index contributed by atoms with van der Waals surface area (Å²) in [4.78, 5) is 24.3. The molecule has 146 valence electrons. The van der Waals surface area contributed by atoms with Crippen LogP contribution in [0.3, 0.4) is 0 Å². The lowest BCUT2D eigenvalue weighted by atomic mass is 9.97. The fraction of sp³-hybridized carbons (Fsp3) is 0.619. The smallest absolute Gasteiger partial charge is 0.338 e. The number of hydrogen-bond acceptors (Lipinski definition) is 4. The first-order chi connectivity index (χ1) is 11.8. The topological polar surface area (TPSA) is 52.6 Å². The molecule has 0 atom stereocenters. The molecule has 0 aromatic heterocycles. The zero-order valence-electron chi connectivity index (χ0n) is 17.6. The number of aryl methyl sites for hydroxylation is 3. The number of rotatable bonds is 7. The van der Waals surface area contributed by atoms with Crippen LogP contribution in [0.2, 0.25) is 25.7 Å². The minimum Gasteiger partial charge on any atom is -0.462 e. The summed E-state index contributed by atoms with van der Waals surface area (Å²) in [5, 5.41) is 0. The fourth-order valence-electron chi connectivity index (χ4n) is 2.68. The molecule has 0 aliphatic rings. The van der Waals surface area contributed by atoms with Gasteiger partial charge in [0.05, 0.1) is 12.2 Å². The quantitative estimate of drug-likeness (QED) is 0.491. The summed E-state index contributed by atoms with van der Waals surface area (Å²) in [6, 6.07) is 4.89. The normalized spacial score (nSPS) is 12.0. The average Bonchev–Trinajstić information content (AvgIpc) is 2.41. The van der Waals surface area contributed by atoms with Gasteiger partial charge in [0.15, 0.2) is 0 Å². The van der Waals surface area contributed by atoms with Crippen LogP contribution in [0.25, 0.3) is 0 Å². The van der Waals surface area contributed by atoms with Crippen molar-refractivity contribution in [2.24, 2.45) is 0 Å². The standard InChI is InChI=1S/C21H34O4Si/c1-15-13-17(9-10-18(22)25-21(3,4)5)14-16(2)19(15)20(23)24-11-12-26(6,7)8/h13-14H,9-12H2,1-8H3. The molecule has 5 heteroatoms. The van der Waals surface area contributed by atoms with Crippen molar-refractivity contribution >= 4 is 20.0 Å². The van der Waals surface area contributed by atoms with E-state index in [9.17, 15) is 9.59 Å². The van der Waals surface area contributed by atoms with Gasteiger partial charge in [0.25, 0.3) is 0 Å². The molecule has 1 aromatic carbocycles. The Bertz CT molecular complexity index is 628. The third-order valence-electron chi connectivity index (χ3n) is 3.92. The van der Waals surface area contributed by atoms with E-state index in [1.165, 1.54) is 0 Å². The van der Waals surface area contributed by atoms with Crippen LogP contribution in [0, 0.1) is 13.8 Å². The van der Waals surface area contributed by atoms with Crippen LogP contribution in [0.1, 0.15) is 54.2 Å². The van der Waals surface area contributed by atoms with Gasteiger partial charge in [0.2, 0.25) is 0 Å². The molecular weight excluding hydrogens is 344 g/mol. The van der Waals surface area contributed by atoms with Crippen LogP contribution in [0.5, 0.6) is 0 Å². The van der Waals surface area contributed by atoms with Gasteiger partial charge in [-0.2, -0.15) is 0 Å². The highest BCUT2D eigenvalue weighted by Gasteiger charge is 2.19. The highest BCUT2D eigenvalue weighted by atomic mass is 28.3. The number of esters is 2. The summed E-state index contributed by atoms with van der Waals surface area (Å²) in [5.41, 5.74) is 2.99. The monoisotopic (exact) mass is 378 g/mol. The van der Waals surface area contributed by atoms with Crippen LogP contribution in [-0.2, 0) is 20.7 Å². The Balaban J connectivity index is 2.73. The molecule has 0 aliphatic heterocycles. The first-order valence-corrected chi connectivity index (χ1v) is 13.0. The van der Waals surface area contributed by atoms with Gasteiger partial charge in [-0.15, -0.1) is 0 Å². The predicted molar refractivity (Wildman–Crippen MR) is 109 cm³/mol. The molecule has 0 spiro atoms. The first-order valence-electron chi connectivity index (χ1n) is 9.27. The Kier molecular flexibility index (Phi) is 7.63. The molecule has 0 amide bonds. The van der Waals surface area contributed by atoms with Gasteiger partial charge < -0.3 is 9.47 Å². The van der Waals surface area contributed by atoms with E-state index in [0.29, 0.717) is 25.0 Å². The van der Waals surface area contributed by atoms with Gasteiger partial charge in [-0.25, -0.2) is 4.79 Å². The van der Waals surface area contributed by atoms with Crippen molar-refractivity contribution in [1.29, 1.82) is 0 Å². The molecule has 0 heterocycles. The van der Waals surface area contributed by atoms with E-state index in [0.717, 1.165) is 22.7 Å². The molecule has 1 rings (SSSR count). The first kappa shape index (κ1) is 22.4. The van der Waals surface area contributed by atoms with Crippen LogP contribution >= 0.6 is 0 Å². The molecule has 0 unspecified atom stereocenters. The fourth-order valence-corrected chi connectivity index (χ4v) is 3.39. The molecule has 1 aromatic rings. The minimum atomic E-state index is -1.22. The maximum Gasteiger partial charge on any atom is 0.338 e. The Morgan fingerprint density at radius 3 is 2.04 bits per heavy atom. The van der Waals surface area contributed by atoms with Gasteiger partial charge in [-0.1, -0.05) is 31.8 Å². The summed E-state index contributed by atoms with van der Waals surface area (Å²) in [5.74, 6) is -0.459. The van der Waals surface area contributed by atoms with Crippen LogP contribution in [0.15, 0.2) is 12.1 Å². The summed E-state index contributed by atoms with van der Waals surface area (Å²) in [6.45, 7) is 16.7. The van der Waals surface area contributed by atoms with Gasteiger partial charge in [-0.05, 0) is 63.8 Å². The second-order valence-electron chi connectivity index (χ2n) is 9.14. The number of carbonyl (C=O) groups is 2. The lowest BCUT2D eigenvalue weighted by molar-refractivity contribution is -0.154. The number of carbonyl (C=O) groups excluding carboxylic acids is 2. The SMILES string of the molecule is Cc1cc(CCC(=O)OC(C)(C)C)cc(C)c1C(=O)OCC[Si](C)(C)C. The summed E-state index contributed by atoms with van der Waals surface area (Å²) >= 11 is 0. The van der Waals surface area contributed by atoms with Crippen molar-refractivity contribution in [3.63, 3.8) is 0 Å². The summed E-state index contributed by atoms with van der Waals surface area (Å²) in [7, 11) is -1.22. The molecule has 0 saturated heterocycles. The van der Waals surface area contributed by atoms with Gasteiger partial charge in [0, 0.05) is 14.5 Å².